The molecule has 0 radical (unpaired) electrons. The highest BCUT2D eigenvalue weighted by Crippen LogP contribution is 2.31. The van der Waals surface area contributed by atoms with Gasteiger partial charge in [0.15, 0.2) is 5.69 Å². The molecule has 0 saturated carbocycles. The fourth-order valence-corrected chi connectivity index (χ4v) is 3.13. The van der Waals surface area contributed by atoms with Crippen LogP contribution in [0.25, 0.3) is 11.4 Å². The molecular weight excluding hydrogens is 469 g/mol. The van der Waals surface area contributed by atoms with E-state index in [0.29, 0.717) is 23.6 Å². The molecular formula is C23H25F3N4O5. The minimum absolute atomic E-state index is 0.00619. The summed E-state index contributed by atoms with van der Waals surface area (Å²) in [4.78, 5) is 14.9. The number of imidazole rings is 1. The first-order valence-corrected chi connectivity index (χ1v) is 10.5. The van der Waals surface area contributed by atoms with Crippen LogP contribution in [0, 0.1) is 0 Å². The van der Waals surface area contributed by atoms with E-state index in [9.17, 15) is 28.2 Å². The number of carbonyl (C=O) groups excluding carboxylic acids is 1. The average Bonchev–Trinajstić information content (AvgIpc) is 3.21. The van der Waals surface area contributed by atoms with Gasteiger partial charge in [-0.05, 0) is 42.5 Å². The Labute approximate surface area is 198 Å². The van der Waals surface area contributed by atoms with Crippen LogP contribution >= 0.6 is 0 Å². The van der Waals surface area contributed by atoms with E-state index in [0.717, 1.165) is 6.20 Å². The standard InChI is InChI=1S/C23H25F3N4O5/c1-30-12-20(23(24,25)26)29-22(30)14-2-4-16(5-3-14)35-13-15(31)11-28-8-9-34-17-6-7-19(32)18(10-17)21(27)33/h2-7,10,12,15,28,31-32H,8-9,11,13H2,1H3,(H2,27,33)/t15-/m1/s1. The van der Waals surface area contributed by atoms with Crippen molar-refractivity contribution in [2.45, 2.75) is 12.3 Å². The Bertz CT molecular complexity index is 1150. The van der Waals surface area contributed by atoms with Crippen molar-refractivity contribution in [1.29, 1.82) is 0 Å². The Morgan fingerprint density at radius 1 is 1.17 bits per heavy atom. The number of ether oxygens (including phenoxy) is 2. The topological polar surface area (TPSA) is 132 Å². The van der Waals surface area contributed by atoms with Crippen molar-refractivity contribution in [2.75, 3.05) is 26.3 Å². The monoisotopic (exact) mass is 494 g/mol. The van der Waals surface area contributed by atoms with Crippen LogP contribution in [0.4, 0.5) is 13.2 Å². The lowest BCUT2D eigenvalue weighted by atomic mass is 10.2. The van der Waals surface area contributed by atoms with Crippen LogP contribution in [0.2, 0.25) is 0 Å². The van der Waals surface area contributed by atoms with Crippen LogP contribution < -0.4 is 20.5 Å². The average molecular weight is 494 g/mol. The highest BCUT2D eigenvalue weighted by molar-refractivity contribution is 5.95. The van der Waals surface area contributed by atoms with Gasteiger partial charge in [0.1, 0.15) is 42.4 Å². The molecule has 3 rings (SSSR count). The van der Waals surface area contributed by atoms with Crippen LogP contribution in [0.5, 0.6) is 17.2 Å². The third-order valence-corrected chi connectivity index (χ3v) is 4.88. The molecule has 0 bridgehead atoms. The number of aryl methyl sites for hydroxylation is 1. The number of nitrogens with zero attached hydrogens (tertiary/aromatic N) is 2. The summed E-state index contributed by atoms with van der Waals surface area (Å²) in [5.41, 5.74) is 4.66. The molecule has 1 atom stereocenters. The number of nitrogens with one attached hydrogen (secondary N) is 1. The van der Waals surface area contributed by atoms with Gasteiger partial charge in [0.05, 0.1) is 5.56 Å². The number of aromatic nitrogens is 2. The van der Waals surface area contributed by atoms with Crippen molar-refractivity contribution in [3.63, 3.8) is 0 Å². The van der Waals surface area contributed by atoms with Gasteiger partial charge >= 0.3 is 6.18 Å². The van der Waals surface area contributed by atoms with Crippen LogP contribution in [-0.4, -0.2) is 58.1 Å². The number of aromatic hydroxyl groups is 1. The second-order valence-electron chi connectivity index (χ2n) is 7.64. The van der Waals surface area contributed by atoms with E-state index in [2.05, 4.69) is 10.3 Å². The number of amides is 1. The number of aliphatic hydroxyl groups is 1. The highest BCUT2D eigenvalue weighted by atomic mass is 19.4. The maximum atomic E-state index is 12.8. The number of hydrogen-bond donors (Lipinski definition) is 4. The summed E-state index contributed by atoms with van der Waals surface area (Å²) in [6, 6.07) is 10.5. The number of alkyl halides is 3. The zero-order chi connectivity index (χ0) is 25.6. The summed E-state index contributed by atoms with van der Waals surface area (Å²) >= 11 is 0. The van der Waals surface area contributed by atoms with Gasteiger partial charge in [-0.3, -0.25) is 4.79 Å². The number of primary amides is 1. The lowest BCUT2D eigenvalue weighted by Gasteiger charge is -2.14. The van der Waals surface area contributed by atoms with Crippen molar-refractivity contribution in [3.05, 3.63) is 59.9 Å². The number of halogens is 3. The Morgan fingerprint density at radius 3 is 2.49 bits per heavy atom. The number of benzene rings is 2. The van der Waals surface area contributed by atoms with Crippen molar-refractivity contribution in [3.8, 4) is 28.6 Å². The maximum absolute atomic E-state index is 12.8. The fourth-order valence-electron chi connectivity index (χ4n) is 3.13. The lowest BCUT2D eigenvalue weighted by Crippen LogP contribution is -2.33. The summed E-state index contributed by atoms with van der Waals surface area (Å²) in [5.74, 6) is -0.0117. The van der Waals surface area contributed by atoms with Crippen molar-refractivity contribution in [2.24, 2.45) is 12.8 Å². The molecule has 2 aromatic carbocycles. The van der Waals surface area contributed by atoms with Gasteiger partial charge in [0, 0.05) is 31.9 Å². The molecule has 12 heteroatoms. The summed E-state index contributed by atoms with van der Waals surface area (Å²) in [6.45, 7) is 0.841. The zero-order valence-electron chi connectivity index (χ0n) is 18.7. The molecule has 9 nitrogen and oxygen atoms in total. The SMILES string of the molecule is Cn1cc(C(F)(F)F)nc1-c1ccc(OC[C@H](O)CNCCOc2ccc(O)c(C(N)=O)c2)cc1. The van der Waals surface area contributed by atoms with Crippen LogP contribution in [0.15, 0.2) is 48.7 Å². The first-order chi connectivity index (χ1) is 16.5. The summed E-state index contributed by atoms with van der Waals surface area (Å²) in [7, 11) is 1.49. The van der Waals surface area contributed by atoms with Gasteiger partial charge in [-0.15, -0.1) is 0 Å². The molecule has 188 valence electrons. The van der Waals surface area contributed by atoms with Crippen molar-refractivity contribution < 1.29 is 37.7 Å². The van der Waals surface area contributed by atoms with Crippen molar-refractivity contribution in [1.82, 2.24) is 14.9 Å². The number of rotatable bonds is 11. The van der Waals surface area contributed by atoms with Crippen LogP contribution in [0.3, 0.4) is 0 Å². The first kappa shape index (κ1) is 25.8. The second-order valence-corrected chi connectivity index (χ2v) is 7.64. The van der Waals surface area contributed by atoms with E-state index in [-0.39, 0.29) is 36.9 Å². The van der Waals surface area contributed by atoms with Gasteiger partial charge in [-0.1, -0.05) is 0 Å². The third kappa shape index (κ3) is 7.11. The minimum Gasteiger partial charge on any atom is -0.507 e. The van der Waals surface area contributed by atoms with E-state index in [4.69, 9.17) is 15.2 Å². The predicted molar refractivity (Wildman–Crippen MR) is 120 cm³/mol. The number of nitrogens with two attached hydrogens (primary N) is 1. The highest BCUT2D eigenvalue weighted by Gasteiger charge is 2.34. The maximum Gasteiger partial charge on any atom is 0.434 e. The lowest BCUT2D eigenvalue weighted by molar-refractivity contribution is -0.140. The van der Waals surface area contributed by atoms with Gasteiger partial charge in [-0.25, -0.2) is 4.98 Å². The molecule has 3 aromatic rings. The van der Waals surface area contributed by atoms with Gasteiger partial charge in [0.2, 0.25) is 0 Å². The quantitative estimate of drug-likeness (QED) is 0.301. The molecule has 0 aliphatic carbocycles. The molecule has 35 heavy (non-hydrogen) atoms. The fraction of sp³-hybridized carbons (Fsp3) is 0.304. The zero-order valence-corrected chi connectivity index (χ0v) is 18.7. The number of aliphatic hydroxyl groups excluding tert-OH is 1. The smallest absolute Gasteiger partial charge is 0.434 e. The summed E-state index contributed by atoms with van der Waals surface area (Å²) in [5, 5.41) is 22.6. The Hall–Kier alpha value is -3.77. The Kier molecular flexibility index (Phi) is 8.20. The van der Waals surface area contributed by atoms with E-state index in [1.165, 1.54) is 29.8 Å². The molecule has 0 aliphatic heterocycles. The molecule has 0 spiro atoms. The van der Waals surface area contributed by atoms with Crippen LogP contribution in [-0.2, 0) is 13.2 Å². The predicted octanol–water partition coefficient (Wildman–Crippen LogP) is 2.32. The first-order valence-electron chi connectivity index (χ1n) is 10.5. The molecule has 1 heterocycles. The minimum atomic E-state index is -4.52. The summed E-state index contributed by atoms with van der Waals surface area (Å²) in [6.07, 6.45) is -4.42. The Balaban J connectivity index is 1.39. The molecule has 0 fully saturated rings. The van der Waals surface area contributed by atoms with E-state index in [1.54, 1.807) is 24.3 Å². The Morgan fingerprint density at radius 2 is 1.86 bits per heavy atom. The number of carbonyl (C=O) groups is 1. The van der Waals surface area contributed by atoms with Gasteiger partial charge in [-0.2, -0.15) is 13.2 Å². The van der Waals surface area contributed by atoms with Crippen molar-refractivity contribution >= 4 is 5.91 Å². The molecule has 0 unspecified atom stereocenters. The molecule has 0 aliphatic rings. The number of hydrogen-bond acceptors (Lipinski definition) is 7. The van der Waals surface area contributed by atoms with Gasteiger partial charge < -0.3 is 35.3 Å². The number of phenols is 1. The summed E-state index contributed by atoms with van der Waals surface area (Å²) < 4.78 is 50.8. The molecule has 5 N–H and O–H groups in total. The molecule has 0 saturated heterocycles. The largest absolute Gasteiger partial charge is 0.507 e. The van der Waals surface area contributed by atoms with Crippen LogP contribution in [0.1, 0.15) is 16.1 Å². The third-order valence-electron chi connectivity index (χ3n) is 4.88. The van der Waals surface area contributed by atoms with E-state index in [1.807, 2.05) is 0 Å². The van der Waals surface area contributed by atoms with E-state index < -0.39 is 23.9 Å². The normalized spacial score (nSPS) is 12.4. The van der Waals surface area contributed by atoms with E-state index >= 15 is 0 Å². The molecule has 1 aromatic heterocycles. The molecule has 1 amide bonds. The second kappa shape index (κ2) is 11.1. The van der Waals surface area contributed by atoms with Gasteiger partial charge in [0.25, 0.3) is 5.91 Å².